The van der Waals surface area contributed by atoms with E-state index in [0.29, 0.717) is 5.92 Å². The van der Waals surface area contributed by atoms with Crippen molar-refractivity contribution >= 4 is 5.97 Å². The maximum absolute atomic E-state index is 10.6. The smallest absolute Gasteiger partial charge is 0.303 e. The van der Waals surface area contributed by atoms with Crippen molar-refractivity contribution in [2.24, 2.45) is 17.6 Å². The van der Waals surface area contributed by atoms with Crippen LogP contribution in [0.4, 0.5) is 0 Å². The van der Waals surface area contributed by atoms with E-state index in [-0.39, 0.29) is 18.4 Å². The fraction of sp³-hybridized carbons (Fsp3) is 0.909. The predicted molar refractivity (Wildman–Crippen MR) is 59.6 cm³/mol. The van der Waals surface area contributed by atoms with E-state index in [2.05, 4.69) is 11.9 Å². The maximum atomic E-state index is 10.6. The van der Waals surface area contributed by atoms with Crippen LogP contribution in [0.25, 0.3) is 0 Å². The minimum Gasteiger partial charge on any atom is -0.481 e. The molecule has 0 amide bonds. The van der Waals surface area contributed by atoms with E-state index >= 15 is 0 Å². The molecule has 4 heteroatoms. The first-order valence-electron chi connectivity index (χ1n) is 5.66. The fourth-order valence-electron chi connectivity index (χ4n) is 2.40. The molecule has 0 aromatic rings. The van der Waals surface area contributed by atoms with Crippen LogP contribution < -0.4 is 5.73 Å². The van der Waals surface area contributed by atoms with E-state index < -0.39 is 5.97 Å². The molecule has 1 aliphatic rings. The standard InChI is InChI=1S/C11H22N2O2/c1-8(6-10(14)15)11(12)9-4-3-5-13(2)7-9/h8-9,11H,3-7,12H2,1-2H3,(H,14,15). The van der Waals surface area contributed by atoms with Gasteiger partial charge < -0.3 is 15.7 Å². The highest BCUT2D eigenvalue weighted by atomic mass is 16.4. The van der Waals surface area contributed by atoms with Crippen LogP contribution >= 0.6 is 0 Å². The molecule has 3 atom stereocenters. The molecule has 0 spiro atoms. The van der Waals surface area contributed by atoms with Crippen LogP contribution in [0.15, 0.2) is 0 Å². The summed E-state index contributed by atoms with van der Waals surface area (Å²) in [5.74, 6) is -0.223. The van der Waals surface area contributed by atoms with Gasteiger partial charge in [0, 0.05) is 19.0 Å². The minimum atomic E-state index is -0.748. The second-order valence-electron chi connectivity index (χ2n) is 4.82. The molecule has 0 radical (unpaired) electrons. The van der Waals surface area contributed by atoms with E-state index in [1.165, 1.54) is 6.42 Å². The molecule has 1 rings (SSSR count). The molecule has 4 nitrogen and oxygen atoms in total. The van der Waals surface area contributed by atoms with Gasteiger partial charge >= 0.3 is 5.97 Å². The maximum Gasteiger partial charge on any atom is 0.303 e. The highest BCUT2D eigenvalue weighted by Crippen LogP contribution is 2.23. The van der Waals surface area contributed by atoms with Crippen LogP contribution in [0.2, 0.25) is 0 Å². The Morgan fingerprint density at radius 1 is 1.67 bits per heavy atom. The molecule has 3 unspecified atom stereocenters. The van der Waals surface area contributed by atoms with Crippen LogP contribution in [0.3, 0.4) is 0 Å². The molecule has 1 saturated heterocycles. The molecule has 88 valence electrons. The average Bonchev–Trinajstić information content (AvgIpc) is 2.15. The summed E-state index contributed by atoms with van der Waals surface area (Å²) in [7, 11) is 2.10. The van der Waals surface area contributed by atoms with Crippen molar-refractivity contribution in [3.8, 4) is 0 Å². The number of carboxylic acid groups (broad SMARTS) is 1. The van der Waals surface area contributed by atoms with Gasteiger partial charge in [0.15, 0.2) is 0 Å². The largest absolute Gasteiger partial charge is 0.481 e. The number of rotatable bonds is 4. The highest BCUT2D eigenvalue weighted by molar-refractivity contribution is 5.67. The third-order valence-electron chi connectivity index (χ3n) is 3.36. The Kier molecular flexibility index (Phi) is 4.54. The van der Waals surface area contributed by atoms with Crippen LogP contribution in [0.5, 0.6) is 0 Å². The van der Waals surface area contributed by atoms with Gasteiger partial charge in [0.25, 0.3) is 0 Å². The van der Waals surface area contributed by atoms with Crippen LogP contribution in [-0.2, 0) is 4.79 Å². The van der Waals surface area contributed by atoms with Crippen molar-refractivity contribution in [3.05, 3.63) is 0 Å². The van der Waals surface area contributed by atoms with Gasteiger partial charge in [0.05, 0.1) is 0 Å². The molecule has 0 aromatic heterocycles. The molecular weight excluding hydrogens is 192 g/mol. The Morgan fingerprint density at radius 2 is 2.33 bits per heavy atom. The molecule has 15 heavy (non-hydrogen) atoms. The molecule has 0 aromatic carbocycles. The lowest BCUT2D eigenvalue weighted by atomic mass is 9.83. The Bertz CT molecular complexity index is 221. The number of carbonyl (C=O) groups is 1. The zero-order chi connectivity index (χ0) is 11.4. The summed E-state index contributed by atoms with van der Waals surface area (Å²) in [6.45, 7) is 4.08. The normalized spacial score (nSPS) is 27.3. The van der Waals surface area contributed by atoms with Crippen molar-refractivity contribution in [2.75, 3.05) is 20.1 Å². The Balaban J connectivity index is 2.43. The molecule has 3 N–H and O–H groups in total. The lowest BCUT2D eigenvalue weighted by molar-refractivity contribution is -0.138. The lowest BCUT2D eigenvalue weighted by Crippen LogP contribution is -2.45. The van der Waals surface area contributed by atoms with E-state index in [1.54, 1.807) is 0 Å². The fourth-order valence-corrected chi connectivity index (χ4v) is 2.40. The number of aliphatic carboxylic acids is 1. The number of hydrogen-bond donors (Lipinski definition) is 2. The van der Waals surface area contributed by atoms with Gasteiger partial charge in [-0.2, -0.15) is 0 Å². The molecule has 1 fully saturated rings. The van der Waals surface area contributed by atoms with E-state index in [0.717, 1.165) is 19.5 Å². The van der Waals surface area contributed by atoms with Gasteiger partial charge in [0.2, 0.25) is 0 Å². The minimum absolute atomic E-state index is 0.0175. The highest BCUT2D eigenvalue weighted by Gasteiger charge is 2.27. The number of piperidine rings is 1. The summed E-state index contributed by atoms with van der Waals surface area (Å²) >= 11 is 0. The number of carboxylic acids is 1. The van der Waals surface area contributed by atoms with Crippen molar-refractivity contribution < 1.29 is 9.90 Å². The molecule has 0 aliphatic carbocycles. The van der Waals surface area contributed by atoms with E-state index in [9.17, 15) is 4.79 Å². The van der Waals surface area contributed by atoms with Crippen LogP contribution in [0.1, 0.15) is 26.2 Å². The monoisotopic (exact) mass is 214 g/mol. The second kappa shape index (κ2) is 5.47. The summed E-state index contributed by atoms with van der Waals surface area (Å²) in [5, 5.41) is 8.72. The predicted octanol–water partition coefficient (Wildman–Crippen LogP) is 0.766. The zero-order valence-electron chi connectivity index (χ0n) is 9.65. The van der Waals surface area contributed by atoms with E-state index in [1.807, 2.05) is 6.92 Å². The van der Waals surface area contributed by atoms with Gasteiger partial charge in [-0.25, -0.2) is 0 Å². The Labute approximate surface area is 91.4 Å². The molecule has 1 heterocycles. The first kappa shape index (κ1) is 12.5. The van der Waals surface area contributed by atoms with E-state index in [4.69, 9.17) is 10.8 Å². The third-order valence-corrected chi connectivity index (χ3v) is 3.36. The van der Waals surface area contributed by atoms with Crippen molar-refractivity contribution in [2.45, 2.75) is 32.2 Å². The zero-order valence-corrected chi connectivity index (χ0v) is 9.65. The summed E-state index contributed by atoms with van der Waals surface area (Å²) in [5.41, 5.74) is 6.11. The Hall–Kier alpha value is -0.610. The van der Waals surface area contributed by atoms with Gasteiger partial charge in [-0.1, -0.05) is 6.92 Å². The molecule has 1 aliphatic heterocycles. The van der Waals surface area contributed by atoms with Crippen molar-refractivity contribution in [3.63, 3.8) is 0 Å². The average molecular weight is 214 g/mol. The van der Waals surface area contributed by atoms with Gasteiger partial charge in [-0.05, 0) is 38.3 Å². The molecular formula is C11H22N2O2. The van der Waals surface area contributed by atoms with Crippen molar-refractivity contribution in [1.29, 1.82) is 0 Å². The lowest BCUT2D eigenvalue weighted by Gasteiger charge is -2.35. The van der Waals surface area contributed by atoms with Crippen LogP contribution in [0, 0.1) is 11.8 Å². The topological polar surface area (TPSA) is 66.6 Å². The number of nitrogens with two attached hydrogens (primary N) is 1. The van der Waals surface area contributed by atoms with Gasteiger partial charge in [0.1, 0.15) is 0 Å². The third kappa shape index (κ3) is 3.80. The summed E-state index contributed by atoms with van der Waals surface area (Å²) in [6.07, 6.45) is 2.49. The van der Waals surface area contributed by atoms with Gasteiger partial charge in [-0.15, -0.1) is 0 Å². The quantitative estimate of drug-likeness (QED) is 0.725. The SMILES string of the molecule is CC(CC(=O)O)C(N)C1CCCN(C)C1. The van der Waals surface area contributed by atoms with Crippen molar-refractivity contribution in [1.82, 2.24) is 4.90 Å². The number of nitrogens with zero attached hydrogens (tertiary/aromatic N) is 1. The molecule has 0 saturated carbocycles. The number of likely N-dealkylation sites (tertiary alicyclic amines) is 1. The van der Waals surface area contributed by atoms with Gasteiger partial charge in [-0.3, -0.25) is 4.79 Å². The number of hydrogen-bond acceptors (Lipinski definition) is 3. The first-order chi connectivity index (χ1) is 7.00. The summed E-state index contributed by atoms with van der Waals surface area (Å²) < 4.78 is 0. The first-order valence-corrected chi connectivity index (χ1v) is 5.66. The summed E-state index contributed by atoms with van der Waals surface area (Å²) in [4.78, 5) is 12.9. The van der Waals surface area contributed by atoms with Crippen LogP contribution in [-0.4, -0.2) is 42.2 Å². The molecule has 0 bridgehead atoms. The Morgan fingerprint density at radius 3 is 2.87 bits per heavy atom. The summed E-state index contributed by atoms with van der Waals surface area (Å²) in [6, 6.07) is 0.0175. The second-order valence-corrected chi connectivity index (χ2v) is 4.82.